The van der Waals surface area contributed by atoms with E-state index in [4.69, 9.17) is 19.7 Å². The van der Waals surface area contributed by atoms with Crippen molar-refractivity contribution in [1.82, 2.24) is 0 Å². The molecule has 0 spiro atoms. The number of aliphatic hydroxyl groups excluding tert-OH is 2. The first-order valence-corrected chi connectivity index (χ1v) is 4.48. The molecule has 16 heavy (non-hydrogen) atoms. The maximum absolute atomic E-state index is 10.5. The summed E-state index contributed by atoms with van der Waals surface area (Å²) in [6.45, 7) is -1.10. The van der Waals surface area contributed by atoms with Gasteiger partial charge in [-0.1, -0.05) is 0 Å². The number of fused-ring (bicyclic) bond motifs is 1. The van der Waals surface area contributed by atoms with Crippen LogP contribution in [-0.4, -0.2) is 34.1 Å². The third-order valence-corrected chi connectivity index (χ3v) is 2.21. The second-order valence-electron chi connectivity index (χ2n) is 3.32. The summed E-state index contributed by atoms with van der Waals surface area (Å²) in [6, 6.07) is 3.80. The lowest BCUT2D eigenvalue weighted by Crippen LogP contribution is -2.46. The van der Waals surface area contributed by atoms with E-state index in [0.717, 1.165) is 0 Å². The van der Waals surface area contributed by atoms with Crippen molar-refractivity contribution in [3.63, 3.8) is 0 Å². The van der Waals surface area contributed by atoms with Crippen LogP contribution in [-0.2, 0) is 0 Å². The maximum atomic E-state index is 10.5. The molecule has 86 valence electrons. The average Bonchev–Trinajstić information content (AvgIpc) is 2.67. The quantitative estimate of drug-likeness (QED) is 0.558. The van der Waals surface area contributed by atoms with Crippen LogP contribution in [0.3, 0.4) is 0 Å². The van der Waals surface area contributed by atoms with Gasteiger partial charge in [0.05, 0.1) is 11.0 Å². The number of rotatable bonds is 3. The van der Waals surface area contributed by atoms with Gasteiger partial charge in [-0.25, -0.2) is 0 Å². The molecule has 0 radical (unpaired) electrons. The van der Waals surface area contributed by atoms with E-state index in [9.17, 15) is 10.1 Å². The molecule has 0 atom stereocenters. The van der Waals surface area contributed by atoms with Crippen LogP contribution in [0.2, 0.25) is 0 Å². The highest BCUT2D eigenvalue weighted by Crippen LogP contribution is 2.41. The third kappa shape index (κ3) is 1.55. The Morgan fingerprint density at radius 2 is 1.88 bits per heavy atom. The summed E-state index contributed by atoms with van der Waals surface area (Å²) in [5.74, 6) is -1.15. The minimum Gasteiger partial charge on any atom is -0.444 e. The Kier molecular flexibility index (Phi) is 2.41. The van der Waals surface area contributed by atoms with E-state index in [0.29, 0.717) is 0 Å². The first kappa shape index (κ1) is 10.7. The highest BCUT2D eigenvalue weighted by Gasteiger charge is 2.41. The van der Waals surface area contributed by atoms with Gasteiger partial charge in [-0.2, -0.15) is 0 Å². The first-order valence-electron chi connectivity index (χ1n) is 4.48. The number of benzene rings is 1. The van der Waals surface area contributed by atoms with Crippen molar-refractivity contribution in [2.45, 2.75) is 5.79 Å². The van der Waals surface area contributed by atoms with Crippen LogP contribution in [0.15, 0.2) is 18.2 Å². The minimum absolute atomic E-state index is 0.136. The molecule has 1 aromatic carbocycles. The summed E-state index contributed by atoms with van der Waals surface area (Å²) < 4.78 is 10.3. The van der Waals surface area contributed by atoms with Gasteiger partial charge in [0.25, 0.3) is 11.5 Å². The number of nitro benzene ring substituents is 1. The van der Waals surface area contributed by atoms with E-state index in [1.807, 2.05) is 0 Å². The van der Waals surface area contributed by atoms with Crippen molar-refractivity contribution < 1.29 is 24.6 Å². The maximum Gasteiger partial charge on any atom is 0.297 e. The number of hydrogen-bond acceptors (Lipinski definition) is 6. The molecule has 0 aliphatic carbocycles. The molecular formula is C9H9NO6. The van der Waals surface area contributed by atoms with Crippen molar-refractivity contribution in [3.05, 3.63) is 28.3 Å². The van der Waals surface area contributed by atoms with Gasteiger partial charge in [-0.15, -0.1) is 0 Å². The lowest BCUT2D eigenvalue weighted by atomic mass is 10.3. The predicted molar refractivity (Wildman–Crippen MR) is 51.3 cm³/mol. The molecule has 2 rings (SSSR count). The number of ether oxygens (including phenoxy) is 2. The van der Waals surface area contributed by atoms with Gasteiger partial charge in [-0.3, -0.25) is 10.1 Å². The Hall–Kier alpha value is -1.86. The molecule has 1 aliphatic rings. The lowest BCUT2D eigenvalue weighted by Gasteiger charge is -2.22. The normalized spacial score (nSPS) is 16.1. The molecule has 0 aromatic heterocycles. The second kappa shape index (κ2) is 3.62. The Balaban J connectivity index is 2.34. The Bertz CT molecular complexity index is 428. The van der Waals surface area contributed by atoms with Crippen LogP contribution in [0.1, 0.15) is 0 Å². The van der Waals surface area contributed by atoms with E-state index in [-0.39, 0.29) is 17.2 Å². The number of non-ortho nitro benzene ring substituents is 1. The van der Waals surface area contributed by atoms with Crippen LogP contribution >= 0.6 is 0 Å². The topological polar surface area (TPSA) is 102 Å². The third-order valence-electron chi connectivity index (χ3n) is 2.21. The molecule has 0 unspecified atom stereocenters. The smallest absolute Gasteiger partial charge is 0.297 e. The van der Waals surface area contributed by atoms with E-state index in [1.54, 1.807) is 0 Å². The van der Waals surface area contributed by atoms with Crippen molar-refractivity contribution >= 4 is 5.69 Å². The van der Waals surface area contributed by atoms with Crippen LogP contribution < -0.4 is 9.47 Å². The second-order valence-corrected chi connectivity index (χ2v) is 3.32. The predicted octanol–water partition coefficient (Wildman–Crippen LogP) is 0.0469. The standard InChI is InChI=1S/C9H9NO6/c11-4-9(5-12)15-7-2-1-6(10(13)14)3-8(7)16-9/h1-3,11-12H,4-5H2. The summed E-state index contributed by atoms with van der Waals surface area (Å²) in [6.07, 6.45) is 0. The van der Waals surface area contributed by atoms with Crippen LogP contribution in [0.25, 0.3) is 0 Å². The number of nitro groups is 1. The van der Waals surface area contributed by atoms with Gasteiger partial charge >= 0.3 is 0 Å². The van der Waals surface area contributed by atoms with Gasteiger partial charge < -0.3 is 19.7 Å². The summed E-state index contributed by atoms with van der Waals surface area (Å²) in [5, 5.41) is 28.6. The van der Waals surface area contributed by atoms with Gasteiger partial charge in [-0.05, 0) is 6.07 Å². The Labute approximate surface area is 90.0 Å². The van der Waals surface area contributed by atoms with Crippen molar-refractivity contribution in [3.8, 4) is 11.5 Å². The molecule has 0 fully saturated rings. The molecule has 1 heterocycles. The highest BCUT2D eigenvalue weighted by molar-refractivity contribution is 5.50. The number of nitrogens with zero attached hydrogens (tertiary/aromatic N) is 1. The summed E-state index contributed by atoms with van der Waals surface area (Å²) in [4.78, 5) is 9.94. The number of hydrogen-bond donors (Lipinski definition) is 2. The lowest BCUT2D eigenvalue weighted by molar-refractivity contribution is -0.384. The fourth-order valence-corrected chi connectivity index (χ4v) is 1.38. The van der Waals surface area contributed by atoms with E-state index in [1.165, 1.54) is 18.2 Å². The molecule has 0 bridgehead atoms. The zero-order valence-corrected chi connectivity index (χ0v) is 8.12. The summed E-state index contributed by atoms with van der Waals surface area (Å²) >= 11 is 0. The molecule has 0 saturated heterocycles. The first-order chi connectivity index (χ1) is 7.60. The van der Waals surface area contributed by atoms with E-state index < -0.39 is 23.9 Å². The van der Waals surface area contributed by atoms with E-state index in [2.05, 4.69) is 0 Å². The average molecular weight is 227 g/mol. The number of aliphatic hydroxyl groups is 2. The summed E-state index contributed by atoms with van der Waals surface area (Å²) in [7, 11) is 0. The van der Waals surface area contributed by atoms with Crippen LogP contribution in [0, 0.1) is 10.1 Å². The highest BCUT2D eigenvalue weighted by atomic mass is 16.8. The molecule has 1 aliphatic heterocycles. The van der Waals surface area contributed by atoms with Gasteiger partial charge in [0.2, 0.25) is 0 Å². The van der Waals surface area contributed by atoms with Crippen molar-refractivity contribution in [1.29, 1.82) is 0 Å². The summed E-state index contributed by atoms with van der Waals surface area (Å²) in [5.41, 5.74) is -0.144. The zero-order valence-electron chi connectivity index (χ0n) is 8.12. The zero-order chi connectivity index (χ0) is 11.8. The van der Waals surface area contributed by atoms with Crippen molar-refractivity contribution in [2.75, 3.05) is 13.2 Å². The monoisotopic (exact) mass is 227 g/mol. The van der Waals surface area contributed by atoms with Crippen molar-refractivity contribution in [2.24, 2.45) is 0 Å². The molecular weight excluding hydrogens is 218 g/mol. The fraction of sp³-hybridized carbons (Fsp3) is 0.333. The minimum atomic E-state index is -1.54. The molecule has 2 N–H and O–H groups in total. The Morgan fingerprint density at radius 3 is 2.44 bits per heavy atom. The largest absolute Gasteiger partial charge is 0.444 e. The molecule has 1 aromatic rings. The van der Waals surface area contributed by atoms with Gasteiger partial charge in [0, 0.05) is 6.07 Å². The molecule has 0 saturated carbocycles. The fourth-order valence-electron chi connectivity index (χ4n) is 1.38. The van der Waals surface area contributed by atoms with E-state index >= 15 is 0 Å². The van der Waals surface area contributed by atoms with Crippen LogP contribution in [0.4, 0.5) is 5.69 Å². The molecule has 0 amide bonds. The SMILES string of the molecule is O=[N+]([O-])c1ccc2c(c1)OC(CO)(CO)O2. The van der Waals surface area contributed by atoms with Crippen LogP contribution in [0.5, 0.6) is 11.5 Å². The molecule has 7 heteroatoms. The van der Waals surface area contributed by atoms with Gasteiger partial charge in [0.1, 0.15) is 13.2 Å². The van der Waals surface area contributed by atoms with Gasteiger partial charge in [0.15, 0.2) is 11.5 Å². The molecule has 7 nitrogen and oxygen atoms in total. The Morgan fingerprint density at radius 1 is 1.25 bits per heavy atom.